The molecule has 0 amide bonds. The zero-order valence-electron chi connectivity index (χ0n) is 14.9. The monoisotopic (exact) mass is 394 g/mol. The van der Waals surface area contributed by atoms with Crippen LogP contribution in [0, 0.1) is 5.92 Å². The summed E-state index contributed by atoms with van der Waals surface area (Å²) < 4.78 is 40.7. The van der Waals surface area contributed by atoms with Crippen LogP contribution in [0.25, 0.3) is 0 Å². The highest BCUT2D eigenvalue weighted by Crippen LogP contribution is 2.36. The zero-order valence-corrected chi connectivity index (χ0v) is 15.7. The van der Waals surface area contributed by atoms with Gasteiger partial charge < -0.3 is 15.0 Å². The number of thiocarbonyl (C=S) groups is 1. The molecular formula is C20H21F3N2OS. The molecule has 1 aliphatic rings. The van der Waals surface area contributed by atoms with Gasteiger partial charge >= 0.3 is 6.36 Å². The molecule has 0 spiro atoms. The molecule has 0 bridgehead atoms. The second-order valence-corrected chi connectivity index (χ2v) is 7.08. The highest BCUT2D eigenvalue weighted by Gasteiger charge is 2.33. The Labute approximate surface area is 162 Å². The summed E-state index contributed by atoms with van der Waals surface area (Å²) in [6.45, 7) is 2.84. The highest BCUT2D eigenvalue weighted by molar-refractivity contribution is 7.80. The molecule has 3 rings (SSSR count). The van der Waals surface area contributed by atoms with Gasteiger partial charge in [-0.25, -0.2) is 0 Å². The molecule has 0 saturated heterocycles. The largest absolute Gasteiger partial charge is 0.573 e. The minimum absolute atomic E-state index is 0.258. The van der Waals surface area contributed by atoms with Crippen LogP contribution in [0.2, 0.25) is 0 Å². The molecule has 1 N–H and O–H groups in total. The molecule has 0 radical (unpaired) electrons. The van der Waals surface area contributed by atoms with Crippen LogP contribution in [0.4, 0.5) is 18.9 Å². The van der Waals surface area contributed by atoms with E-state index in [2.05, 4.69) is 34.0 Å². The van der Waals surface area contributed by atoms with Gasteiger partial charge in [-0.3, -0.25) is 0 Å². The Kier molecular flexibility index (Phi) is 5.89. The van der Waals surface area contributed by atoms with E-state index in [-0.39, 0.29) is 11.8 Å². The Morgan fingerprint density at radius 1 is 1.15 bits per heavy atom. The fourth-order valence-corrected chi connectivity index (χ4v) is 3.30. The average Bonchev–Trinajstić information content (AvgIpc) is 3.45. The Balaban J connectivity index is 1.68. The van der Waals surface area contributed by atoms with Crippen molar-refractivity contribution in [2.24, 2.45) is 5.92 Å². The Morgan fingerprint density at radius 2 is 1.78 bits per heavy atom. The van der Waals surface area contributed by atoms with Crippen molar-refractivity contribution in [3.8, 4) is 5.75 Å². The van der Waals surface area contributed by atoms with Crippen LogP contribution < -0.4 is 10.1 Å². The topological polar surface area (TPSA) is 24.5 Å². The van der Waals surface area contributed by atoms with Gasteiger partial charge in [-0.05, 0) is 67.7 Å². The molecule has 0 heterocycles. The molecule has 2 aromatic rings. The first-order valence-corrected chi connectivity index (χ1v) is 9.20. The van der Waals surface area contributed by atoms with Crippen molar-refractivity contribution in [1.82, 2.24) is 4.90 Å². The molecule has 1 aliphatic carbocycles. The van der Waals surface area contributed by atoms with E-state index in [0.717, 1.165) is 5.56 Å². The molecule has 2 aromatic carbocycles. The molecule has 1 saturated carbocycles. The van der Waals surface area contributed by atoms with Crippen LogP contribution >= 0.6 is 12.2 Å². The van der Waals surface area contributed by atoms with Crippen molar-refractivity contribution < 1.29 is 17.9 Å². The predicted octanol–water partition coefficient (Wildman–Crippen LogP) is 5.58. The predicted molar refractivity (Wildman–Crippen MR) is 104 cm³/mol. The maximum absolute atomic E-state index is 12.3. The summed E-state index contributed by atoms with van der Waals surface area (Å²) in [5.41, 5.74) is 1.78. The van der Waals surface area contributed by atoms with E-state index >= 15 is 0 Å². The normalized spacial score (nSPS) is 15.1. The van der Waals surface area contributed by atoms with Crippen LogP contribution in [0.5, 0.6) is 5.75 Å². The SMILES string of the molecule is C[C@@H](C1CC1)N(Cc1ccccc1)C(=S)Nc1ccc(OC(F)(F)F)cc1. The number of ether oxygens (including phenoxy) is 1. The van der Waals surface area contributed by atoms with E-state index in [1.54, 1.807) is 0 Å². The highest BCUT2D eigenvalue weighted by atomic mass is 32.1. The molecule has 0 aromatic heterocycles. The van der Waals surface area contributed by atoms with Crippen molar-refractivity contribution in [1.29, 1.82) is 0 Å². The smallest absolute Gasteiger partial charge is 0.406 e. The number of hydrogen-bond acceptors (Lipinski definition) is 2. The third kappa shape index (κ3) is 5.85. The van der Waals surface area contributed by atoms with Gasteiger partial charge in [-0.1, -0.05) is 30.3 Å². The minimum Gasteiger partial charge on any atom is -0.406 e. The first kappa shape index (κ1) is 19.5. The first-order valence-electron chi connectivity index (χ1n) is 8.79. The third-order valence-electron chi connectivity index (χ3n) is 4.59. The molecule has 144 valence electrons. The number of rotatable bonds is 6. The lowest BCUT2D eigenvalue weighted by Crippen LogP contribution is -2.41. The summed E-state index contributed by atoms with van der Waals surface area (Å²) >= 11 is 5.60. The standard InChI is InChI=1S/C20H21F3N2OS/c1-14(16-7-8-16)25(13-15-5-3-2-4-6-15)19(27)24-17-9-11-18(12-10-17)26-20(21,22)23/h2-6,9-12,14,16H,7-8,13H2,1H3,(H,24,27)/t14-/m0/s1. The second-order valence-electron chi connectivity index (χ2n) is 6.69. The Bertz CT molecular complexity index is 761. The van der Waals surface area contributed by atoms with Crippen molar-refractivity contribution in [3.63, 3.8) is 0 Å². The molecule has 1 atom stereocenters. The van der Waals surface area contributed by atoms with Gasteiger partial charge in [0.2, 0.25) is 0 Å². The molecule has 27 heavy (non-hydrogen) atoms. The van der Waals surface area contributed by atoms with Gasteiger partial charge in [-0.15, -0.1) is 13.2 Å². The lowest BCUT2D eigenvalue weighted by molar-refractivity contribution is -0.274. The lowest BCUT2D eigenvalue weighted by atomic mass is 10.1. The van der Waals surface area contributed by atoms with E-state index in [9.17, 15) is 13.2 Å². The average molecular weight is 394 g/mol. The summed E-state index contributed by atoms with van der Waals surface area (Å²) in [6.07, 6.45) is -2.31. The fraction of sp³-hybridized carbons (Fsp3) is 0.350. The summed E-state index contributed by atoms with van der Waals surface area (Å²) in [6, 6.07) is 15.9. The number of hydrogen-bond donors (Lipinski definition) is 1. The van der Waals surface area contributed by atoms with Crippen molar-refractivity contribution in [3.05, 3.63) is 60.2 Å². The molecular weight excluding hydrogens is 373 g/mol. The zero-order chi connectivity index (χ0) is 19.4. The van der Waals surface area contributed by atoms with E-state index in [1.165, 1.54) is 37.1 Å². The van der Waals surface area contributed by atoms with Crippen LogP contribution in [-0.4, -0.2) is 22.4 Å². The Hall–Kier alpha value is -2.28. The van der Waals surface area contributed by atoms with Gasteiger partial charge in [0.25, 0.3) is 0 Å². The van der Waals surface area contributed by atoms with E-state index in [0.29, 0.717) is 23.3 Å². The number of anilines is 1. The maximum Gasteiger partial charge on any atom is 0.573 e. The second kappa shape index (κ2) is 8.17. The summed E-state index contributed by atoms with van der Waals surface area (Å²) in [5, 5.41) is 3.69. The number of nitrogens with zero attached hydrogens (tertiary/aromatic N) is 1. The summed E-state index contributed by atoms with van der Waals surface area (Å²) in [4.78, 5) is 2.14. The number of nitrogens with one attached hydrogen (secondary N) is 1. The number of benzene rings is 2. The van der Waals surface area contributed by atoms with Crippen LogP contribution in [0.15, 0.2) is 54.6 Å². The summed E-state index contributed by atoms with van der Waals surface area (Å²) in [5.74, 6) is 0.363. The van der Waals surface area contributed by atoms with Gasteiger partial charge in [0, 0.05) is 18.3 Å². The van der Waals surface area contributed by atoms with E-state index < -0.39 is 6.36 Å². The molecule has 0 aliphatic heterocycles. The first-order chi connectivity index (χ1) is 12.8. The Morgan fingerprint density at radius 3 is 2.33 bits per heavy atom. The van der Waals surface area contributed by atoms with Gasteiger partial charge in [0.05, 0.1) is 0 Å². The van der Waals surface area contributed by atoms with E-state index in [1.807, 2.05) is 18.2 Å². The quantitative estimate of drug-likeness (QED) is 0.646. The van der Waals surface area contributed by atoms with E-state index in [4.69, 9.17) is 12.2 Å². The third-order valence-corrected chi connectivity index (χ3v) is 4.93. The van der Waals surface area contributed by atoms with Crippen LogP contribution in [0.1, 0.15) is 25.3 Å². The molecule has 7 heteroatoms. The van der Waals surface area contributed by atoms with Crippen LogP contribution in [0.3, 0.4) is 0 Å². The van der Waals surface area contributed by atoms with Crippen molar-refractivity contribution >= 4 is 23.0 Å². The van der Waals surface area contributed by atoms with Gasteiger partial charge in [0.1, 0.15) is 5.75 Å². The van der Waals surface area contributed by atoms with Gasteiger partial charge in [0.15, 0.2) is 5.11 Å². The fourth-order valence-electron chi connectivity index (χ4n) is 2.95. The van der Waals surface area contributed by atoms with Crippen molar-refractivity contribution in [2.75, 3.05) is 5.32 Å². The number of alkyl halides is 3. The minimum atomic E-state index is -4.70. The number of halogens is 3. The summed E-state index contributed by atoms with van der Waals surface area (Å²) in [7, 11) is 0. The lowest BCUT2D eigenvalue weighted by Gasteiger charge is -2.32. The molecule has 1 fully saturated rings. The maximum atomic E-state index is 12.3. The van der Waals surface area contributed by atoms with Gasteiger partial charge in [-0.2, -0.15) is 0 Å². The molecule has 3 nitrogen and oxygen atoms in total. The molecule has 0 unspecified atom stereocenters. The van der Waals surface area contributed by atoms with Crippen molar-refractivity contribution in [2.45, 2.75) is 38.7 Å². The van der Waals surface area contributed by atoms with Crippen LogP contribution in [-0.2, 0) is 6.54 Å².